The second kappa shape index (κ2) is 34.4. The molecule has 0 heterocycles. The van der Waals surface area contributed by atoms with E-state index in [4.69, 9.17) is 19.3 Å². The summed E-state index contributed by atoms with van der Waals surface area (Å²) in [6, 6.07) is 0. The Kier molecular flexibility index (Phi) is 33.0. The van der Waals surface area contributed by atoms with E-state index in [1.54, 1.807) is 6.08 Å². The molecule has 1 unspecified atom stereocenters. The Labute approximate surface area is 297 Å². The van der Waals surface area contributed by atoms with Crippen LogP contribution in [0.3, 0.4) is 0 Å². The predicted octanol–water partition coefficient (Wildman–Crippen LogP) is 10.1. The number of aliphatic hydroxyl groups is 1. The van der Waals surface area contributed by atoms with Crippen molar-refractivity contribution < 1.29 is 43.0 Å². The van der Waals surface area contributed by atoms with Crippen LogP contribution in [0.25, 0.3) is 0 Å². The number of ether oxygens (including phenoxy) is 2. The summed E-state index contributed by atoms with van der Waals surface area (Å²) in [4.78, 5) is 42.7. The molecule has 0 aromatic rings. The molecule has 284 valence electrons. The molecule has 9 nitrogen and oxygen atoms in total. The number of aliphatic hydroxyl groups excluding tert-OH is 1. The van der Waals surface area contributed by atoms with E-state index in [9.17, 15) is 19.3 Å². The van der Waals surface area contributed by atoms with Gasteiger partial charge < -0.3 is 24.4 Å². The van der Waals surface area contributed by atoms with Crippen molar-refractivity contribution in [3.05, 3.63) is 48.6 Å². The number of rotatable bonds is 34. The van der Waals surface area contributed by atoms with Gasteiger partial charge in [-0.25, -0.2) is 4.57 Å². The molecule has 0 fully saturated rings. The van der Waals surface area contributed by atoms with Crippen LogP contribution >= 0.6 is 7.82 Å². The molecule has 3 N–H and O–H groups in total. The van der Waals surface area contributed by atoms with Crippen LogP contribution in [0.4, 0.5) is 0 Å². The SMILES string of the molecule is CC/C=C/C/C=C/C=C/C(O)CCCCCCCC(=O)OC[C@H](COP(=O)(O)O)OC(=O)CCCCCCC/C=C\CCCCCCCC. The van der Waals surface area contributed by atoms with Gasteiger partial charge in [-0.15, -0.1) is 0 Å². The minimum Gasteiger partial charge on any atom is -0.462 e. The summed E-state index contributed by atoms with van der Waals surface area (Å²) < 4.78 is 26.3. The number of carbonyl (C=O) groups excluding carboxylic acids is 2. The summed E-state index contributed by atoms with van der Waals surface area (Å²) in [5.41, 5.74) is 0. The maximum Gasteiger partial charge on any atom is 0.469 e. The lowest BCUT2D eigenvalue weighted by molar-refractivity contribution is -0.161. The van der Waals surface area contributed by atoms with E-state index in [0.29, 0.717) is 19.3 Å². The van der Waals surface area contributed by atoms with Gasteiger partial charge in [-0.05, 0) is 57.8 Å². The van der Waals surface area contributed by atoms with Crippen molar-refractivity contribution in [2.75, 3.05) is 13.2 Å². The highest BCUT2D eigenvalue weighted by Crippen LogP contribution is 2.36. The van der Waals surface area contributed by atoms with Crippen molar-refractivity contribution in [2.45, 2.75) is 174 Å². The Morgan fingerprint density at radius 3 is 1.84 bits per heavy atom. The number of phosphoric ester groups is 1. The van der Waals surface area contributed by atoms with E-state index in [1.807, 2.05) is 18.2 Å². The van der Waals surface area contributed by atoms with Crippen molar-refractivity contribution in [1.82, 2.24) is 0 Å². The van der Waals surface area contributed by atoms with Crippen LogP contribution in [0.1, 0.15) is 162 Å². The minimum absolute atomic E-state index is 0.180. The van der Waals surface area contributed by atoms with E-state index >= 15 is 0 Å². The highest BCUT2D eigenvalue weighted by molar-refractivity contribution is 7.46. The van der Waals surface area contributed by atoms with Gasteiger partial charge >= 0.3 is 19.8 Å². The second-order valence-corrected chi connectivity index (χ2v) is 14.0. The molecule has 0 aliphatic carbocycles. The zero-order chi connectivity index (χ0) is 36.3. The number of allylic oxidation sites excluding steroid dienone is 7. The average molecular weight is 713 g/mol. The Balaban J connectivity index is 4.07. The van der Waals surface area contributed by atoms with Gasteiger partial charge in [-0.1, -0.05) is 140 Å². The van der Waals surface area contributed by atoms with E-state index in [2.05, 4.69) is 42.7 Å². The van der Waals surface area contributed by atoms with Crippen molar-refractivity contribution >= 4 is 19.8 Å². The molecular weight excluding hydrogens is 643 g/mol. The molecule has 10 heteroatoms. The summed E-state index contributed by atoms with van der Waals surface area (Å²) in [7, 11) is -4.78. The molecule has 49 heavy (non-hydrogen) atoms. The van der Waals surface area contributed by atoms with E-state index in [1.165, 1.54) is 38.5 Å². The molecule has 2 atom stereocenters. The van der Waals surface area contributed by atoms with Gasteiger partial charge in [0.1, 0.15) is 6.61 Å². The van der Waals surface area contributed by atoms with Crippen LogP contribution in [-0.2, 0) is 28.2 Å². The minimum atomic E-state index is -4.78. The number of hydrogen-bond donors (Lipinski definition) is 3. The van der Waals surface area contributed by atoms with Crippen LogP contribution in [-0.4, -0.2) is 52.3 Å². The van der Waals surface area contributed by atoms with Gasteiger partial charge in [0.05, 0.1) is 12.7 Å². The monoisotopic (exact) mass is 712 g/mol. The fraction of sp³-hybridized carbons (Fsp3) is 0.744. The highest BCUT2D eigenvalue weighted by Gasteiger charge is 2.22. The third-order valence-electron chi connectivity index (χ3n) is 7.94. The quantitative estimate of drug-likeness (QED) is 0.0195. The molecule has 0 aliphatic rings. The fourth-order valence-corrected chi connectivity index (χ4v) is 5.44. The van der Waals surface area contributed by atoms with Gasteiger partial charge in [-0.2, -0.15) is 0 Å². The molecule has 0 bridgehead atoms. The van der Waals surface area contributed by atoms with Gasteiger partial charge in [0, 0.05) is 12.8 Å². The maximum atomic E-state index is 12.4. The van der Waals surface area contributed by atoms with Gasteiger partial charge in [0.25, 0.3) is 0 Å². The average Bonchev–Trinajstić information content (AvgIpc) is 3.06. The van der Waals surface area contributed by atoms with Crippen LogP contribution in [0.15, 0.2) is 48.6 Å². The van der Waals surface area contributed by atoms with E-state index in [-0.39, 0.29) is 19.4 Å². The summed E-state index contributed by atoms with van der Waals surface area (Å²) >= 11 is 0. The Bertz CT molecular complexity index is 954. The first-order valence-electron chi connectivity index (χ1n) is 19.0. The van der Waals surface area contributed by atoms with Crippen molar-refractivity contribution in [3.8, 4) is 0 Å². The molecule has 0 radical (unpaired) electrons. The van der Waals surface area contributed by atoms with Crippen LogP contribution < -0.4 is 0 Å². The van der Waals surface area contributed by atoms with E-state index in [0.717, 1.165) is 77.0 Å². The fourth-order valence-electron chi connectivity index (χ4n) is 5.08. The molecule has 0 aliphatic heterocycles. The Morgan fingerprint density at radius 2 is 1.22 bits per heavy atom. The largest absolute Gasteiger partial charge is 0.469 e. The lowest BCUT2D eigenvalue weighted by Crippen LogP contribution is -2.29. The summed E-state index contributed by atoms with van der Waals surface area (Å²) in [6.45, 7) is 3.44. The molecule has 0 aromatic heterocycles. The zero-order valence-electron chi connectivity index (χ0n) is 30.7. The smallest absolute Gasteiger partial charge is 0.462 e. The second-order valence-electron chi connectivity index (χ2n) is 12.7. The molecule has 0 saturated carbocycles. The molecule has 0 saturated heterocycles. The van der Waals surface area contributed by atoms with Gasteiger partial charge in [0.15, 0.2) is 6.10 Å². The predicted molar refractivity (Wildman–Crippen MR) is 199 cm³/mol. The third-order valence-corrected chi connectivity index (χ3v) is 8.42. The standard InChI is InChI=1S/C39H69O9P/c1-3-5-7-9-11-12-13-14-15-16-17-18-20-24-29-33-39(42)48-37(35-47-49(43,44)45)34-46-38(41)32-28-25-21-23-27-31-36(40)30-26-22-19-10-8-6-4-2/h6,8,14-15,19,22,26,30,36-37,40H,3-5,7,9-13,16-18,20-21,23-25,27-29,31-35H2,1-2H3,(H2,43,44,45)/b8-6+,15-14-,22-19+,30-26+/t36?,37-/m1/s1. The number of carbonyl (C=O) groups is 2. The third kappa shape index (κ3) is 37.1. The maximum absolute atomic E-state index is 12.4. The van der Waals surface area contributed by atoms with Crippen molar-refractivity contribution in [3.63, 3.8) is 0 Å². The molecule has 0 rings (SSSR count). The van der Waals surface area contributed by atoms with Crippen molar-refractivity contribution in [2.24, 2.45) is 0 Å². The summed E-state index contributed by atoms with van der Waals surface area (Å²) in [5, 5.41) is 10.1. The number of phosphoric acid groups is 1. The first kappa shape index (κ1) is 47.0. The molecule has 0 spiro atoms. The van der Waals surface area contributed by atoms with Crippen LogP contribution in [0, 0.1) is 0 Å². The zero-order valence-corrected chi connectivity index (χ0v) is 31.6. The Morgan fingerprint density at radius 1 is 0.653 bits per heavy atom. The lowest BCUT2D eigenvalue weighted by Gasteiger charge is -2.18. The van der Waals surface area contributed by atoms with Crippen molar-refractivity contribution in [1.29, 1.82) is 0 Å². The summed E-state index contributed by atoms with van der Waals surface area (Å²) in [5.74, 6) is -0.974. The molecular formula is C39H69O9P. The topological polar surface area (TPSA) is 140 Å². The first-order chi connectivity index (χ1) is 23.7. The molecule has 0 amide bonds. The van der Waals surface area contributed by atoms with E-state index < -0.39 is 38.6 Å². The lowest BCUT2D eigenvalue weighted by atomic mass is 10.1. The van der Waals surface area contributed by atoms with Crippen LogP contribution in [0.5, 0.6) is 0 Å². The number of hydrogen-bond acceptors (Lipinski definition) is 7. The summed E-state index contributed by atoms with van der Waals surface area (Å²) in [6.07, 6.45) is 37.1. The Hall–Kier alpha value is -2.03. The molecule has 0 aromatic carbocycles. The van der Waals surface area contributed by atoms with Crippen LogP contribution in [0.2, 0.25) is 0 Å². The highest BCUT2D eigenvalue weighted by atomic mass is 31.2. The number of unbranched alkanes of at least 4 members (excludes halogenated alkanes) is 15. The van der Waals surface area contributed by atoms with Gasteiger partial charge in [-0.3, -0.25) is 14.1 Å². The number of esters is 2. The first-order valence-corrected chi connectivity index (χ1v) is 20.6. The normalized spacial score (nSPS) is 13.7. The van der Waals surface area contributed by atoms with Gasteiger partial charge in [0.2, 0.25) is 0 Å².